The molecule has 0 saturated carbocycles. The van der Waals surface area contributed by atoms with Crippen molar-refractivity contribution in [2.45, 2.75) is 26.7 Å². The van der Waals surface area contributed by atoms with E-state index in [1.165, 1.54) is 0 Å². The van der Waals surface area contributed by atoms with Crippen molar-refractivity contribution in [3.63, 3.8) is 0 Å². The van der Waals surface area contributed by atoms with E-state index in [0.717, 1.165) is 0 Å². The van der Waals surface area contributed by atoms with E-state index in [9.17, 15) is 9.59 Å². The van der Waals surface area contributed by atoms with Crippen LogP contribution in [0.15, 0.2) is 48.5 Å². The first kappa shape index (κ1) is 28.5. The molecule has 0 aromatic heterocycles. The highest BCUT2D eigenvalue weighted by Crippen LogP contribution is 2.15. The van der Waals surface area contributed by atoms with Gasteiger partial charge < -0.3 is 28.7 Å². The molecule has 1 aliphatic heterocycles. The summed E-state index contributed by atoms with van der Waals surface area (Å²) in [5, 5.41) is 15.6. The van der Waals surface area contributed by atoms with Gasteiger partial charge in [-0.1, -0.05) is 0 Å². The van der Waals surface area contributed by atoms with Crippen LogP contribution in [-0.2, 0) is 19.1 Å². The Morgan fingerprint density at radius 1 is 0.684 bits per heavy atom. The van der Waals surface area contributed by atoms with Gasteiger partial charge in [-0.05, 0) is 75.2 Å². The third-order valence-corrected chi connectivity index (χ3v) is 5.89. The number of benzene rings is 2. The van der Waals surface area contributed by atoms with Gasteiger partial charge in [-0.3, -0.25) is 20.4 Å². The third kappa shape index (κ3) is 8.22. The molecule has 2 aromatic carbocycles. The molecule has 10 heteroatoms. The van der Waals surface area contributed by atoms with E-state index in [0.29, 0.717) is 88.1 Å². The number of carbonyl (C=O) groups is 2. The quantitative estimate of drug-likeness (QED) is 0.169. The molecule has 1 saturated heterocycles. The van der Waals surface area contributed by atoms with Gasteiger partial charge in [0.05, 0.1) is 26.4 Å². The van der Waals surface area contributed by atoms with Crippen LogP contribution < -0.4 is 9.47 Å². The first-order valence-corrected chi connectivity index (χ1v) is 12.9. The zero-order valence-electron chi connectivity index (χ0n) is 22.0. The molecule has 0 radical (unpaired) electrons. The summed E-state index contributed by atoms with van der Waals surface area (Å²) in [6, 6.07) is 14.2. The molecule has 1 aliphatic rings. The largest absolute Gasteiger partial charge is 0.494 e. The smallest absolute Gasteiger partial charge is 0.312 e. The number of nitrogens with zero attached hydrogens (tertiary/aromatic N) is 2. The second-order valence-corrected chi connectivity index (χ2v) is 8.56. The monoisotopic (exact) mass is 524 g/mol. The summed E-state index contributed by atoms with van der Waals surface area (Å²) in [6.45, 7) is 7.27. The summed E-state index contributed by atoms with van der Waals surface area (Å²) in [6.07, 6.45) is 1.21. The number of rotatable bonds is 14. The molecule has 3 rings (SSSR count). The molecular weight excluding hydrogens is 488 g/mol. The lowest BCUT2D eigenvalue weighted by Crippen LogP contribution is -2.54. The van der Waals surface area contributed by atoms with E-state index in [1.54, 1.807) is 58.3 Å². The highest BCUT2D eigenvalue weighted by atomic mass is 16.5. The second kappa shape index (κ2) is 14.6. The molecule has 0 aliphatic carbocycles. The standard InChI is InChI=1S/C28H36N4O6/c1-3-35-25(29)21-7-11-23(12-8-21)37-19-5-15-31-17-18-32(28(34)27(31)33)16-6-20-38-24-13-9-22(10-14-24)26(30)36-4-2/h7-14,29-30H,3-6,15-20H2,1-2H3. The van der Waals surface area contributed by atoms with Crippen LogP contribution >= 0.6 is 0 Å². The number of ether oxygens (including phenoxy) is 4. The SMILES string of the molecule is CCOC(=N)c1ccc(OCCCN2CCN(CCCOc3ccc(C(=N)OCC)cc3)C(=O)C2=O)cc1. The van der Waals surface area contributed by atoms with Crippen LogP contribution in [0.2, 0.25) is 0 Å². The lowest BCUT2D eigenvalue weighted by molar-refractivity contribution is -0.156. The molecule has 0 spiro atoms. The van der Waals surface area contributed by atoms with Crippen LogP contribution in [-0.4, -0.2) is 86.0 Å². The van der Waals surface area contributed by atoms with Gasteiger partial charge in [-0.2, -0.15) is 0 Å². The van der Waals surface area contributed by atoms with Gasteiger partial charge in [0, 0.05) is 37.3 Å². The highest BCUT2D eigenvalue weighted by molar-refractivity contribution is 6.35. The van der Waals surface area contributed by atoms with Crippen molar-refractivity contribution in [3.05, 3.63) is 59.7 Å². The second-order valence-electron chi connectivity index (χ2n) is 8.56. The molecule has 38 heavy (non-hydrogen) atoms. The summed E-state index contributed by atoms with van der Waals surface area (Å²) in [5.41, 5.74) is 1.36. The Balaban J connectivity index is 1.32. The lowest BCUT2D eigenvalue weighted by atomic mass is 10.2. The van der Waals surface area contributed by atoms with Gasteiger partial charge in [0.1, 0.15) is 11.5 Å². The molecule has 2 amide bonds. The first-order valence-electron chi connectivity index (χ1n) is 12.9. The average Bonchev–Trinajstić information content (AvgIpc) is 2.93. The van der Waals surface area contributed by atoms with Crippen molar-refractivity contribution in [1.82, 2.24) is 9.80 Å². The van der Waals surface area contributed by atoms with Crippen molar-refractivity contribution in [3.8, 4) is 11.5 Å². The Labute approximate surface area is 223 Å². The van der Waals surface area contributed by atoms with Crippen LogP contribution in [0.25, 0.3) is 0 Å². The Morgan fingerprint density at radius 3 is 1.39 bits per heavy atom. The normalized spacial score (nSPS) is 13.3. The maximum absolute atomic E-state index is 12.5. The fourth-order valence-corrected chi connectivity index (χ4v) is 3.89. The van der Waals surface area contributed by atoms with Gasteiger partial charge >= 0.3 is 11.8 Å². The third-order valence-electron chi connectivity index (χ3n) is 5.89. The van der Waals surface area contributed by atoms with Crippen molar-refractivity contribution >= 4 is 23.6 Å². The molecule has 0 unspecified atom stereocenters. The van der Waals surface area contributed by atoms with Crippen LogP contribution in [0.4, 0.5) is 0 Å². The molecule has 0 bridgehead atoms. The summed E-state index contributed by atoms with van der Waals surface area (Å²) in [5.74, 6) is 0.633. The van der Waals surface area contributed by atoms with Crippen LogP contribution in [0.3, 0.4) is 0 Å². The summed E-state index contributed by atoms with van der Waals surface area (Å²) < 4.78 is 21.8. The van der Waals surface area contributed by atoms with E-state index in [1.807, 2.05) is 13.8 Å². The number of piperazine rings is 1. The number of amides is 2. The lowest BCUT2D eigenvalue weighted by Gasteiger charge is -2.33. The molecular formula is C28H36N4O6. The van der Waals surface area contributed by atoms with Crippen LogP contribution in [0, 0.1) is 10.8 Å². The zero-order chi connectivity index (χ0) is 27.3. The Hall–Kier alpha value is -4.08. The van der Waals surface area contributed by atoms with E-state index in [4.69, 9.17) is 29.8 Å². The zero-order valence-corrected chi connectivity index (χ0v) is 22.0. The van der Waals surface area contributed by atoms with E-state index in [-0.39, 0.29) is 11.8 Å². The molecule has 1 fully saturated rings. The van der Waals surface area contributed by atoms with Gasteiger partial charge in [0.15, 0.2) is 0 Å². The maximum atomic E-state index is 12.5. The minimum atomic E-state index is -0.483. The van der Waals surface area contributed by atoms with Gasteiger partial charge in [-0.25, -0.2) is 0 Å². The highest BCUT2D eigenvalue weighted by Gasteiger charge is 2.31. The van der Waals surface area contributed by atoms with Gasteiger partial charge in [0.25, 0.3) is 0 Å². The Bertz CT molecular complexity index is 1000. The van der Waals surface area contributed by atoms with E-state index >= 15 is 0 Å². The van der Waals surface area contributed by atoms with Gasteiger partial charge in [0.2, 0.25) is 11.8 Å². The van der Waals surface area contributed by atoms with Crippen LogP contribution in [0.5, 0.6) is 11.5 Å². The molecule has 204 valence electrons. The Kier molecular flexibility index (Phi) is 11.0. The van der Waals surface area contributed by atoms with Gasteiger partial charge in [-0.15, -0.1) is 0 Å². The number of carbonyl (C=O) groups excluding carboxylic acids is 2. The van der Waals surface area contributed by atoms with E-state index < -0.39 is 11.8 Å². The predicted octanol–water partition coefficient (Wildman–Crippen LogP) is 3.32. The molecule has 2 aromatic rings. The predicted molar refractivity (Wildman–Crippen MR) is 143 cm³/mol. The molecule has 1 heterocycles. The number of hydrogen-bond donors (Lipinski definition) is 2. The fourth-order valence-electron chi connectivity index (χ4n) is 3.89. The van der Waals surface area contributed by atoms with Crippen molar-refractivity contribution in [2.24, 2.45) is 0 Å². The van der Waals surface area contributed by atoms with Crippen molar-refractivity contribution < 1.29 is 28.5 Å². The molecule has 10 nitrogen and oxygen atoms in total. The van der Waals surface area contributed by atoms with Crippen LogP contribution in [0.1, 0.15) is 37.8 Å². The minimum absolute atomic E-state index is 0.125. The minimum Gasteiger partial charge on any atom is -0.494 e. The fraction of sp³-hybridized carbons (Fsp3) is 0.429. The summed E-state index contributed by atoms with van der Waals surface area (Å²) in [4.78, 5) is 28.2. The average molecular weight is 525 g/mol. The summed E-state index contributed by atoms with van der Waals surface area (Å²) >= 11 is 0. The maximum Gasteiger partial charge on any atom is 0.312 e. The van der Waals surface area contributed by atoms with Crippen molar-refractivity contribution in [2.75, 3.05) is 52.6 Å². The topological polar surface area (TPSA) is 125 Å². The number of nitrogens with one attached hydrogen (secondary N) is 2. The number of hydrogen-bond acceptors (Lipinski definition) is 8. The van der Waals surface area contributed by atoms with E-state index in [2.05, 4.69) is 0 Å². The molecule has 2 N–H and O–H groups in total. The molecule has 0 atom stereocenters. The summed E-state index contributed by atoms with van der Waals surface area (Å²) in [7, 11) is 0. The van der Waals surface area contributed by atoms with Crippen molar-refractivity contribution in [1.29, 1.82) is 10.8 Å². The Morgan fingerprint density at radius 2 is 1.05 bits per heavy atom. The first-order chi connectivity index (χ1) is 18.4.